The Labute approximate surface area is 119 Å². The molecule has 21 heavy (non-hydrogen) atoms. The van der Waals surface area contributed by atoms with Crippen LogP contribution in [0.3, 0.4) is 0 Å². The van der Waals surface area contributed by atoms with Crippen LogP contribution in [-0.4, -0.2) is 36.1 Å². The minimum atomic E-state index is -4.38. The fraction of sp³-hybridized carbons (Fsp3) is 0.364. The highest BCUT2D eigenvalue weighted by Crippen LogP contribution is 2.32. The van der Waals surface area contributed by atoms with E-state index in [1.807, 2.05) is 0 Å². The van der Waals surface area contributed by atoms with Gasteiger partial charge in [0.1, 0.15) is 6.04 Å². The predicted molar refractivity (Wildman–Crippen MR) is 69.2 cm³/mol. The molecule has 1 aromatic rings. The number of carbonyl (C=O) groups excluding carboxylic acids is 1. The van der Waals surface area contributed by atoms with E-state index in [0.717, 1.165) is 22.5 Å². The Balaban J connectivity index is 2.58. The largest absolute Gasteiger partial charge is 0.368 e. The van der Waals surface area contributed by atoms with Crippen LogP contribution < -0.4 is 5.73 Å². The van der Waals surface area contributed by atoms with Gasteiger partial charge in [-0.05, 0) is 25.0 Å². The van der Waals surface area contributed by atoms with E-state index in [-0.39, 0.29) is 13.0 Å². The number of para-hydroxylation sites is 1. The molecule has 1 fully saturated rings. The second-order valence-electron chi connectivity index (χ2n) is 4.52. The molecule has 0 saturated carbocycles. The first-order valence-corrected chi connectivity index (χ1v) is 7.45. The average molecular weight is 317 g/mol. The van der Waals surface area contributed by atoms with Gasteiger partial charge in [0.15, 0.2) is 4.90 Å². The number of halogens is 1. The average Bonchev–Trinajstić information content (AvgIpc) is 2.87. The van der Waals surface area contributed by atoms with Crippen molar-refractivity contribution in [2.24, 2.45) is 5.73 Å². The van der Waals surface area contributed by atoms with Crippen LogP contribution in [0, 0.1) is 15.9 Å². The number of benzene rings is 1. The highest BCUT2D eigenvalue weighted by Gasteiger charge is 2.42. The SMILES string of the molecule is NC(=O)C1CCCN1S(=O)(=O)c1cccc(F)c1[N+](=O)[O-]. The third kappa shape index (κ3) is 2.59. The van der Waals surface area contributed by atoms with Gasteiger partial charge in [-0.15, -0.1) is 0 Å². The monoisotopic (exact) mass is 317 g/mol. The maximum absolute atomic E-state index is 13.6. The van der Waals surface area contributed by atoms with E-state index in [0.29, 0.717) is 6.42 Å². The Morgan fingerprint density at radius 2 is 2.14 bits per heavy atom. The van der Waals surface area contributed by atoms with Crippen molar-refractivity contribution in [1.82, 2.24) is 4.31 Å². The number of hydrogen-bond donors (Lipinski definition) is 1. The lowest BCUT2D eigenvalue weighted by Crippen LogP contribution is -2.43. The quantitative estimate of drug-likeness (QED) is 0.634. The molecule has 0 spiro atoms. The summed E-state index contributed by atoms with van der Waals surface area (Å²) in [7, 11) is -4.38. The van der Waals surface area contributed by atoms with Crippen molar-refractivity contribution in [3.63, 3.8) is 0 Å². The molecule has 2 N–H and O–H groups in total. The predicted octanol–water partition coefficient (Wildman–Crippen LogP) is 0.372. The molecule has 1 unspecified atom stereocenters. The van der Waals surface area contributed by atoms with Gasteiger partial charge in [-0.3, -0.25) is 14.9 Å². The van der Waals surface area contributed by atoms with Gasteiger partial charge >= 0.3 is 5.69 Å². The second kappa shape index (κ2) is 5.37. The minimum absolute atomic E-state index is 0.00358. The van der Waals surface area contributed by atoms with E-state index in [2.05, 4.69) is 0 Å². The Bertz CT molecular complexity index is 706. The molecule has 0 aromatic heterocycles. The first kappa shape index (κ1) is 15.3. The molecule has 2 rings (SSSR count). The van der Waals surface area contributed by atoms with E-state index < -0.39 is 43.3 Å². The lowest BCUT2D eigenvalue weighted by molar-refractivity contribution is -0.390. The first-order valence-electron chi connectivity index (χ1n) is 6.01. The van der Waals surface area contributed by atoms with Crippen LogP contribution in [0.5, 0.6) is 0 Å². The zero-order chi connectivity index (χ0) is 15.8. The number of carbonyl (C=O) groups is 1. The molecule has 114 valence electrons. The molecule has 0 bridgehead atoms. The molecule has 0 aliphatic carbocycles. The topological polar surface area (TPSA) is 124 Å². The van der Waals surface area contributed by atoms with Gasteiger partial charge in [0.25, 0.3) is 10.0 Å². The number of nitro groups is 1. The zero-order valence-electron chi connectivity index (χ0n) is 10.7. The summed E-state index contributed by atoms with van der Waals surface area (Å²) in [5, 5.41) is 10.9. The Hall–Kier alpha value is -2.07. The number of nitro benzene ring substituents is 1. The lowest BCUT2D eigenvalue weighted by atomic mass is 10.2. The molecular weight excluding hydrogens is 305 g/mol. The van der Waals surface area contributed by atoms with Crippen molar-refractivity contribution in [1.29, 1.82) is 0 Å². The molecule has 1 aliphatic rings. The second-order valence-corrected chi connectivity index (χ2v) is 6.38. The third-order valence-corrected chi connectivity index (χ3v) is 5.19. The van der Waals surface area contributed by atoms with E-state index in [9.17, 15) is 27.7 Å². The highest BCUT2D eigenvalue weighted by atomic mass is 32.2. The van der Waals surface area contributed by atoms with Crippen molar-refractivity contribution in [3.8, 4) is 0 Å². The fourth-order valence-electron chi connectivity index (χ4n) is 2.32. The molecule has 0 radical (unpaired) electrons. The maximum Gasteiger partial charge on any atom is 0.324 e. The smallest absolute Gasteiger partial charge is 0.324 e. The molecule has 1 atom stereocenters. The summed E-state index contributed by atoms with van der Waals surface area (Å²) in [5.41, 5.74) is 4.01. The summed E-state index contributed by atoms with van der Waals surface area (Å²) < 4.78 is 39.3. The van der Waals surface area contributed by atoms with Gasteiger partial charge in [0.2, 0.25) is 11.7 Å². The summed E-state index contributed by atoms with van der Waals surface area (Å²) in [5.74, 6) is -2.09. The molecule has 1 aromatic carbocycles. The first-order chi connectivity index (χ1) is 9.76. The number of nitrogens with two attached hydrogens (primary N) is 1. The van der Waals surface area contributed by atoms with Crippen molar-refractivity contribution >= 4 is 21.6 Å². The third-order valence-electron chi connectivity index (χ3n) is 3.25. The number of sulfonamides is 1. The van der Waals surface area contributed by atoms with E-state index >= 15 is 0 Å². The van der Waals surface area contributed by atoms with Crippen molar-refractivity contribution in [2.45, 2.75) is 23.8 Å². The van der Waals surface area contributed by atoms with Gasteiger partial charge in [0.05, 0.1) is 4.92 Å². The maximum atomic E-state index is 13.6. The van der Waals surface area contributed by atoms with Crippen LogP contribution >= 0.6 is 0 Å². The Morgan fingerprint density at radius 1 is 1.48 bits per heavy atom. The van der Waals surface area contributed by atoms with Crippen LogP contribution in [0.2, 0.25) is 0 Å². The van der Waals surface area contributed by atoms with Crippen LogP contribution in [0.1, 0.15) is 12.8 Å². The lowest BCUT2D eigenvalue weighted by Gasteiger charge is -2.21. The van der Waals surface area contributed by atoms with Gasteiger partial charge < -0.3 is 5.73 Å². The van der Waals surface area contributed by atoms with E-state index in [4.69, 9.17) is 5.73 Å². The van der Waals surface area contributed by atoms with E-state index in [1.54, 1.807) is 0 Å². The van der Waals surface area contributed by atoms with Gasteiger partial charge in [-0.1, -0.05) is 6.07 Å². The van der Waals surface area contributed by atoms with Crippen LogP contribution in [-0.2, 0) is 14.8 Å². The normalized spacial score (nSPS) is 19.6. The number of primary amides is 1. The number of amides is 1. The van der Waals surface area contributed by atoms with Gasteiger partial charge in [0, 0.05) is 6.54 Å². The Morgan fingerprint density at radius 3 is 2.71 bits per heavy atom. The number of rotatable bonds is 4. The molecule has 1 amide bonds. The number of hydrogen-bond acceptors (Lipinski definition) is 5. The summed E-state index contributed by atoms with van der Waals surface area (Å²) in [6.45, 7) is 0.00358. The molecular formula is C11H12FN3O5S. The molecule has 1 saturated heterocycles. The fourth-order valence-corrected chi connectivity index (χ4v) is 4.15. The van der Waals surface area contributed by atoms with Crippen LogP contribution in [0.15, 0.2) is 23.1 Å². The summed E-state index contributed by atoms with van der Waals surface area (Å²) in [4.78, 5) is 20.3. The molecule has 8 nitrogen and oxygen atoms in total. The van der Waals surface area contributed by atoms with Gasteiger partial charge in [-0.25, -0.2) is 8.42 Å². The molecule has 1 aliphatic heterocycles. The summed E-state index contributed by atoms with van der Waals surface area (Å²) in [6.07, 6.45) is 0.633. The van der Waals surface area contributed by atoms with Crippen molar-refractivity contribution in [3.05, 3.63) is 34.1 Å². The molecule has 1 heterocycles. The van der Waals surface area contributed by atoms with Crippen LogP contribution in [0.25, 0.3) is 0 Å². The number of nitrogens with zero attached hydrogens (tertiary/aromatic N) is 2. The van der Waals surface area contributed by atoms with Crippen molar-refractivity contribution < 1.29 is 22.5 Å². The van der Waals surface area contributed by atoms with Crippen molar-refractivity contribution in [2.75, 3.05) is 6.54 Å². The summed E-state index contributed by atoms with van der Waals surface area (Å²) in [6, 6.07) is 1.72. The van der Waals surface area contributed by atoms with Crippen LogP contribution in [0.4, 0.5) is 10.1 Å². The summed E-state index contributed by atoms with van der Waals surface area (Å²) >= 11 is 0. The Kier molecular flexibility index (Phi) is 3.92. The minimum Gasteiger partial charge on any atom is -0.368 e. The van der Waals surface area contributed by atoms with E-state index in [1.165, 1.54) is 0 Å². The highest BCUT2D eigenvalue weighted by molar-refractivity contribution is 7.89. The standard InChI is InChI=1S/C11H12FN3O5S/c12-7-3-1-5-9(10(7)15(17)18)21(19,20)14-6-2-4-8(14)11(13)16/h1,3,5,8H,2,4,6H2,(H2,13,16). The van der Waals surface area contributed by atoms with Gasteiger partial charge in [-0.2, -0.15) is 8.70 Å². The molecule has 10 heteroatoms. The zero-order valence-corrected chi connectivity index (χ0v) is 11.5.